The first-order valence-corrected chi connectivity index (χ1v) is 6.11. The summed E-state index contributed by atoms with van der Waals surface area (Å²) in [7, 11) is 1.73. The summed E-state index contributed by atoms with van der Waals surface area (Å²) in [4.78, 5) is 17.9. The van der Waals surface area contributed by atoms with Gasteiger partial charge in [-0.15, -0.1) is 0 Å². The summed E-state index contributed by atoms with van der Waals surface area (Å²) in [5, 5.41) is 0. The first kappa shape index (κ1) is 13.8. The third-order valence-corrected chi connectivity index (χ3v) is 2.67. The van der Waals surface area contributed by atoms with Gasteiger partial charge in [-0.05, 0) is 12.1 Å². The van der Waals surface area contributed by atoms with Gasteiger partial charge in [0.1, 0.15) is 0 Å². The number of carbonyl (C=O) groups excluding carboxylic acids is 1. The second kappa shape index (κ2) is 6.55. The van der Waals surface area contributed by atoms with Crippen LogP contribution in [0.4, 0.5) is 0 Å². The highest BCUT2D eigenvalue weighted by atomic mass is 16.3. The van der Waals surface area contributed by atoms with Crippen molar-refractivity contribution in [2.24, 2.45) is 5.73 Å². The Hall–Kier alpha value is -2.58. The summed E-state index contributed by atoms with van der Waals surface area (Å²) in [5.41, 5.74) is 7.44. The number of carbonyl (C=O) groups is 1. The van der Waals surface area contributed by atoms with Crippen LogP contribution in [-0.4, -0.2) is 29.4 Å². The molecule has 0 aliphatic heterocycles. The van der Waals surface area contributed by atoms with Gasteiger partial charge in [0.25, 0.3) is 5.91 Å². The van der Waals surface area contributed by atoms with E-state index < -0.39 is 0 Å². The molecule has 20 heavy (non-hydrogen) atoms. The van der Waals surface area contributed by atoms with Gasteiger partial charge >= 0.3 is 0 Å². The highest BCUT2D eigenvalue weighted by molar-refractivity contribution is 5.94. The molecule has 2 N–H and O–H groups in total. The fourth-order valence-corrected chi connectivity index (χ4v) is 1.73. The zero-order valence-electron chi connectivity index (χ0n) is 11.2. The highest BCUT2D eigenvalue weighted by Crippen LogP contribution is 2.09. The van der Waals surface area contributed by atoms with Gasteiger partial charge in [-0.1, -0.05) is 11.8 Å². The molecule has 0 aliphatic carbocycles. The number of rotatable bonds is 3. The lowest BCUT2D eigenvalue weighted by atomic mass is 10.2. The van der Waals surface area contributed by atoms with Crippen molar-refractivity contribution < 1.29 is 9.21 Å². The van der Waals surface area contributed by atoms with E-state index in [0.717, 1.165) is 5.56 Å². The van der Waals surface area contributed by atoms with Crippen molar-refractivity contribution in [3.8, 4) is 11.8 Å². The van der Waals surface area contributed by atoms with Crippen LogP contribution in [0.2, 0.25) is 0 Å². The molecule has 0 aliphatic rings. The number of nitrogens with two attached hydrogens (primary N) is 1. The normalized spacial score (nSPS) is 9.70. The van der Waals surface area contributed by atoms with Gasteiger partial charge < -0.3 is 15.1 Å². The molecule has 0 spiro atoms. The minimum absolute atomic E-state index is 0.116. The Morgan fingerprint density at radius 1 is 1.50 bits per heavy atom. The first-order valence-electron chi connectivity index (χ1n) is 6.11. The van der Waals surface area contributed by atoms with Crippen LogP contribution in [0.25, 0.3) is 0 Å². The lowest BCUT2D eigenvalue weighted by Gasteiger charge is -2.16. The molecule has 5 nitrogen and oxygen atoms in total. The van der Waals surface area contributed by atoms with Crippen molar-refractivity contribution in [1.29, 1.82) is 0 Å². The van der Waals surface area contributed by atoms with Crippen molar-refractivity contribution in [3.05, 3.63) is 53.7 Å². The maximum absolute atomic E-state index is 12.3. The number of hydrogen-bond acceptors (Lipinski definition) is 4. The van der Waals surface area contributed by atoms with E-state index in [1.165, 1.54) is 6.20 Å². The van der Waals surface area contributed by atoms with E-state index in [1.807, 2.05) is 6.07 Å². The highest BCUT2D eigenvalue weighted by Gasteiger charge is 2.13. The third-order valence-electron chi connectivity index (χ3n) is 2.67. The van der Waals surface area contributed by atoms with Crippen LogP contribution in [-0.2, 0) is 6.54 Å². The number of pyridine rings is 1. The van der Waals surface area contributed by atoms with Crippen molar-refractivity contribution >= 4 is 5.91 Å². The Bertz CT molecular complexity index is 639. The molecular weight excluding hydrogens is 254 g/mol. The van der Waals surface area contributed by atoms with Crippen LogP contribution < -0.4 is 5.73 Å². The topological polar surface area (TPSA) is 72.4 Å². The summed E-state index contributed by atoms with van der Waals surface area (Å²) < 4.78 is 4.98. The van der Waals surface area contributed by atoms with Crippen LogP contribution in [0.3, 0.4) is 0 Å². The third kappa shape index (κ3) is 3.46. The van der Waals surface area contributed by atoms with E-state index in [4.69, 9.17) is 10.2 Å². The molecule has 2 heterocycles. The average molecular weight is 269 g/mol. The standard InChI is InChI=1S/C15H15N3O2/c1-18(10-13-4-6-20-11-13)15(19)14-7-12(3-2-5-16)8-17-9-14/h4,6-9,11H,5,10,16H2,1H3. The smallest absolute Gasteiger partial charge is 0.255 e. The summed E-state index contributed by atoms with van der Waals surface area (Å²) in [6.07, 6.45) is 6.33. The van der Waals surface area contributed by atoms with Gasteiger partial charge in [0.05, 0.1) is 24.6 Å². The van der Waals surface area contributed by atoms with E-state index in [-0.39, 0.29) is 12.5 Å². The lowest BCUT2D eigenvalue weighted by molar-refractivity contribution is 0.0784. The van der Waals surface area contributed by atoms with E-state index in [2.05, 4.69) is 16.8 Å². The fourth-order valence-electron chi connectivity index (χ4n) is 1.73. The van der Waals surface area contributed by atoms with Gasteiger partial charge in [0.2, 0.25) is 0 Å². The molecule has 2 aromatic heterocycles. The molecule has 5 heteroatoms. The van der Waals surface area contributed by atoms with E-state index in [0.29, 0.717) is 17.7 Å². The quantitative estimate of drug-likeness (QED) is 0.851. The molecule has 0 saturated carbocycles. The van der Waals surface area contributed by atoms with Crippen LogP contribution in [0.15, 0.2) is 41.5 Å². The van der Waals surface area contributed by atoms with E-state index in [9.17, 15) is 4.79 Å². The van der Waals surface area contributed by atoms with Crippen molar-refractivity contribution in [2.75, 3.05) is 13.6 Å². The molecule has 0 atom stereocenters. The molecule has 2 aromatic rings. The zero-order chi connectivity index (χ0) is 14.4. The molecule has 1 amide bonds. The summed E-state index contributed by atoms with van der Waals surface area (Å²) in [5.74, 6) is 5.48. The molecule has 0 aromatic carbocycles. The minimum atomic E-state index is -0.116. The lowest BCUT2D eigenvalue weighted by Crippen LogP contribution is -2.26. The minimum Gasteiger partial charge on any atom is -0.472 e. The average Bonchev–Trinajstić information content (AvgIpc) is 2.97. The second-order valence-electron chi connectivity index (χ2n) is 4.26. The van der Waals surface area contributed by atoms with Crippen molar-refractivity contribution in [2.45, 2.75) is 6.54 Å². The number of nitrogens with zero attached hydrogens (tertiary/aromatic N) is 2. The SMILES string of the molecule is CN(Cc1ccoc1)C(=O)c1cncc(C#CCN)c1. The molecule has 0 bridgehead atoms. The van der Waals surface area contributed by atoms with Crippen molar-refractivity contribution in [1.82, 2.24) is 9.88 Å². The summed E-state index contributed by atoms with van der Waals surface area (Å²) >= 11 is 0. The Balaban J connectivity index is 2.12. The largest absolute Gasteiger partial charge is 0.472 e. The van der Waals surface area contributed by atoms with Gasteiger partial charge in [-0.25, -0.2) is 0 Å². The molecule has 0 unspecified atom stereocenters. The Morgan fingerprint density at radius 3 is 3.05 bits per heavy atom. The molecule has 102 valence electrons. The number of aromatic nitrogens is 1. The second-order valence-corrected chi connectivity index (χ2v) is 4.26. The summed E-state index contributed by atoms with van der Waals surface area (Å²) in [6.45, 7) is 0.757. The molecule has 2 rings (SSSR count). The van der Waals surface area contributed by atoms with E-state index in [1.54, 1.807) is 36.7 Å². The predicted molar refractivity (Wildman–Crippen MR) is 74.7 cm³/mol. The predicted octanol–water partition coefficient (Wildman–Crippen LogP) is 1.26. The monoisotopic (exact) mass is 269 g/mol. The van der Waals surface area contributed by atoms with Gasteiger partial charge in [0.15, 0.2) is 0 Å². The maximum atomic E-state index is 12.3. The summed E-state index contributed by atoms with van der Waals surface area (Å²) in [6, 6.07) is 3.54. The first-order chi connectivity index (χ1) is 9.70. The van der Waals surface area contributed by atoms with E-state index >= 15 is 0 Å². The molecule has 0 fully saturated rings. The molecular formula is C15H15N3O2. The number of furan rings is 1. The van der Waals surface area contributed by atoms with Crippen LogP contribution >= 0.6 is 0 Å². The number of amides is 1. The molecule has 0 saturated heterocycles. The van der Waals surface area contributed by atoms with Crippen LogP contribution in [0, 0.1) is 11.8 Å². The number of hydrogen-bond donors (Lipinski definition) is 1. The van der Waals surface area contributed by atoms with Crippen LogP contribution in [0.5, 0.6) is 0 Å². The van der Waals surface area contributed by atoms with Crippen LogP contribution in [0.1, 0.15) is 21.5 Å². The van der Waals surface area contributed by atoms with Gasteiger partial charge in [-0.2, -0.15) is 0 Å². The Kier molecular flexibility index (Phi) is 4.53. The Morgan fingerprint density at radius 2 is 2.35 bits per heavy atom. The van der Waals surface area contributed by atoms with Gasteiger partial charge in [0, 0.05) is 37.1 Å². The zero-order valence-corrected chi connectivity index (χ0v) is 11.2. The molecule has 0 radical (unpaired) electrons. The maximum Gasteiger partial charge on any atom is 0.255 e. The fraction of sp³-hybridized carbons (Fsp3) is 0.200. The van der Waals surface area contributed by atoms with Crippen molar-refractivity contribution in [3.63, 3.8) is 0 Å². The van der Waals surface area contributed by atoms with Gasteiger partial charge in [-0.3, -0.25) is 9.78 Å². The Labute approximate surface area is 117 Å².